The van der Waals surface area contributed by atoms with E-state index in [1.54, 1.807) is 17.7 Å². The summed E-state index contributed by atoms with van der Waals surface area (Å²) in [5, 5.41) is 8.61. The monoisotopic (exact) mass is 248 g/mol. The summed E-state index contributed by atoms with van der Waals surface area (Å²) in [5.41, 5.74) is 0. The smallest absolute Gasteiger partial charge is 0.131 e. The van der Waals surface area contributed by atoms with Crippen LogP contribution in [0.15, 0.2) is 29.9 Å². The molecule has 0 spiro atoms. The van der Waals surface area contributed by atoms with Gasteiger partial charge in [0.15, 0.2) is 0 Å². The Kier molecular flexibility index (Phi) is 3.93. The van der Waals surface area contributed by atoms with Gasteiger partial charge in [-0.3, -0.25) is 0 Å². The predicted molar refractivity (Wildman–Crippen MR) is 72.6 cm³/mol. The van der Waals surface area contributed by atoms with Crippen LogP contribution in [0.1, 0.15) is 24.8 Å². The molecular formula is C12H16N4S. The maximum absolute atomic E-state index is 4.21. The van der Waals surface area contributed by atoms with Crippen LogP contribution in [0.4, 0.5) is 11.6 Å². The molecule has 2 rings (SSSR count). The van der Waals surface area contributed by atoms with Gasteiger partial charge in [-0.25, -0.2) is 9.97 Å². The Hall–Kier alpha value is -1.62. The maximum Gasteiger partial charge on any atom is 0.131 e. The normalized spacial score (nSPS) is 12.1. The summed E-state index contributed by atoms with van der Waals surface area (Å²) >= 11 is 1.74. The topological polar surface area (TPSA) is 49.8 Å². The van der Waals surface area contributed by atoms with E-state index in [2.05, 4.69) is 45.0 Å². The highest BCUT2D eigenvalue weighted by molar-refractivity contribution is 7.10. The van der Waals surface area contributed by atoms with Gasteiger partial charge in [0.2, 0.25) is 0 Å². The molecule has 2 heterocycles. The molecule has 5 heteroatoms. The average molecular weight is 248 g/mol. The molecule has 90 valence electrons. The first kappa shape index (κ1) is 11.9. The van der Waals surface area contributed by atoms with Gasteiger partial charge >= 0.3 is 0 Å². The van der Waals surface area contributed by atoms with E-state index in [0.29, 0.717) is 0 Å². The molecule has 0 saturated heterocycles. The van der Waals surface area contributed by atoms with Crippen LogP contribution < -0.4 is 10.6 Å². The third-order valence-corrected chi connectivity index (χ3v) is 3.41. The molecule has 0 aliphatic carbocycles. The van der Waals surface area contributed by atoms with Gasteiger partial charge in [0, 0.05) is 17.5 Å². The van der Waals surface area contributed by atoms with Crippen molar-refractivity contribution in [1.29, 1.82) is 0 Å². The number of aromatic nitrogens is 2. The van der Waals surface area contributed by atoms with Crippen LogP contribution in [0.2, 0.25) is 0 Å². The number of anilines is 2. The second-order valence-electron chi connectivity index (χ2n) is 3.70. The minimum Gasteiger partial charge on any atom is -0.370 e. The molecule has 0 bridgehead atoms. The highest BCUT2D eigenvalue weighted by Crippen LogP contribution is 2.22. The fraction of sp³-hybridized carbons (Fsp3) is 0.333. The largest absolute Gasteiger partial charge is 0.370 e. The van der Waals surface area contributed by atoms with Gasteiger partial charge in [-0.1, -0.05) is 6.07 Å². The zero-order valence-corrected chi connectivity index (χ0v) is 10.8. The highest BCUT2D eigenvalue weighted by Gasteiger charge is 2.07. The van der Waals surface area contributed by atoms with Crippen molar-refractivity contribution in [3.63, 3.8) is 0 Å². The number of hydrogen-bond acceptors (Lipinski definition) is 5. The lowest BCUT2D eigenvalue weighted by molar-refractivity contribution is 0.893. The second kappa shape index (κ2) is 5.63. The molecule has 0 radical (unpaired) electrons. The first-order valence-corrected chi connectivity index (χ1v) is 6.53. The lowest BCUT2D eigenvalue weighted by Crippen LogP contribution is -2.08. The number of nitrogens with zero attached hydrogens (tertiary/aromatic N) is 2. The molecule has 4 nitrogen and oxygen atoms in total. The average Bonchev–Trinajstić information content (AvgIpc) is 2.83. The second-order valence-corrected chi connectivity index (χ2v) is 4.68. The Morgan fingerprint density at radius 3 is 2.88 bits per heavy atom. The van der Waals surface area contributed by atoms with Crippen LogP contribution in [0.5, 0.6) is 0 Å². The summed E-state index contributed by atoms with van der Waals surface area (Å²) in [6, 6.07) is 6.37. The standard InChI is InChI=1S/C12H16N4S/c1-3-13-11-7-12(15-8-14-11)16-9(2)10-5-4-6-17-10/h4-9H,3H2,1-2H3,(H2,13,14,15,16). The van der Waals surface area contributed by atoms with Gasteiger partial charge in [0.05, 0.1) is 6.04 Å². The summed E-state index contributed by atoms with van der Waals surface area (Å²) in [5.74, 6) is 1.69. The number of thiophene rings is 1. The molecule has 0 aliphatic rings. The van der Waals surface area contributed by atoms with Crippen molar-refractivity contribution in [2.24, 2.45) is 0 Å². The fourth-order valence-electron chi connectivity index (χ4n) is 1.54. The highest BCUT2D eigenvalue weighted by atomic mass is 32.1. The zero-order valence-electron chi connectivity index (χ0n) is 9.97. The Labute approximate surface area is 105 Å². The molecule has 17 heavy (non-hydrogen) atoms. The van der Waals surface area contributed by atoms with Crippen LogP contribution in [0.25, 0.3) is 0 Å². The summed E-state index contributed by atoms with van der Waals surface area (Å²) in [6.07, 6.45) is 1.57. The van der Waals surface area contributed by atoms with E-state index in [1.807, 2.05) is 13.0 Å². The van der Waals surface area contributed by atoms with Crippen LogP contribution in [-0.2, 0) is 0 Å². The fourth-order valence-corrected chi connectivity index (χ4v) is 2.28. The van der Waals surface area contributed by atoms with Crippen molar-refractivity contribution in [2.75, 3.05) is 17.2 Å². The van der Waals surface area contributed by atoms with E-state index < -0.39 is 0 Å². The van der Waals surface area contributed by atoms with Gasteiger partial charge in [0.1, 0.15) is 18.0 Å². The molecule has 0 amide bonds. The molecule has 2 aromatic heterocycles. The van der Waals surface area contributed by atoms with E-state index in [1.165, 1.54) is 4.88 Å². The molecule has 0 saturated carbocycles. The molecule has 2 N–H and O–H groups in total. The van der Waals surface area contributed by atoms with Crippen molar-refractivity contribution < 1.29 is 0 Å². The SMILES string of the molecule is CCNc1cc(NC(C)c2cccs2)ncn1. The Bertz CT molecular complexity index is 455. The van der Waals surface area contributed by atoms with Gasteiger partial charge in [-0.2, -0.15) is 0 Å². The number of rotatable bonds is 5. The number of nitrogens with one attached hydrogen (secondary N) is 2. The summed E-state index contributed by atoms with van der Waals surface area (Å²) in [6.45, 7) is 5.03. The Morgan fingerprint density at radius 2 is 2.18 bits per heavy atom. The minimum absolute atomic E-state index is 0.263. The van der Waals surface area contributed by atoms with Crippen molar-refractivity contribution >= 4 is 23.0 Å². The van der Waals surface area contributed by atoms with Crippen LogP contribution in [-0.4, -0.2) is 16.5 Å². The van der Waals surface area contributed by atoms with Gasteiger partial charge in [-0.15, -0.1) is 11.3 Å². The van der Waals surface area contributed by atoms with Crippen LogP contribution in [0.3, 0.4) is 0 Å². The predicted octanol–water partition coefficient (Wildman–Crippen LogP) is 3.14. The molecule has 0 aromatic carbocycles. The Morgan fingerprint density at radius 1 is 1.35 bits per heavy atom. The van der Waals surface area contributed by atoms with E-state index in [9.17, 15) is 0 Å². The molecule has 0 aliphatic heterocycles. The van der Waals surface area contributed by atoms with Crippen molar-refractivity contribution in [3.05, 3.63) is 34.8 Å². The van der Waals surface area contributed by atoms with Crippen LogP contribution in [0, 0.1) is 0 Å². The third-order valence-electron chi connectivity index (χ3n) is 2.36. The molecule has 1 unspecified atom stereocenters. The Balaban J connectivity index is 2.05. The lowest BCUT2D eigenvalue weighted by Gasteiger charge is -2.13. The van der Waals surface area contributed by atoms with Gasteiger partial charge in [0.25, 0.3) is 0 Å². The number of hydrogen-bond donors (Lipinski definition) is 2. The molecule has 0 fully saturated rings. The van der Waals surface area contributed by atoms with Gasteiger partial charge in [-0.05, 0) is 25.3 Å². The molecule has 2 aromatic rings. The van der Waals surface area contributed by atoms with E-state index in [4.69, 9.17) is 0 Å². The van der Waals surface area contributed by atoms with Gasteiger partial charge < -0.3 is 10.6 Å². The first-order chi connectivity index (χ1) is 8.29. The minimum atomic E-state index is 0.263. The van der Waals surface area contributed by atoms with E-state index in [-0.39, 0.29) is 6.04 Å². The third kappa shape index (κ3) is 3.17. The first-order valence-electron chi connectivity index (χ1n) is 5.65. The molecule has 1 atom stereocenters. The van der Waals surface area contributed by atoms with E-state index in [0.717, 1.165) is 18.2 Å². The van der Waals surface area contributed by atoms with E-state index >= 15 is 0 Å². The van der Waals surface area contributed by atoms with Crippen molar-refractivity contribution in [3.8, 4) is 0 Å². The van der Waals surface area contributed by atoms with Crippen molar-refractivity contribution in [1.82, 2.24) is 9.97 Å². The summed E-state index contributed by atoms with van der Waals surface area (Å²) < 4.78 is 0. The molecular weight excluding hydrogens is 232 g/mol. The van der Waals surface area contributed by atoms with Crippen molar-refractivity contribution in [2.45, 2.75) is 19.9 Å². The zero-order chi connectivity index (χ0) is 12.1. The quantitative estimate of drug-likeness (QED) is 0.853. The van der Waals surface area contributed by atoms with Crippen LogP contribution >= 0.6 is 11.3 Å². The summed E-state index contributed by atoms with van der Waals surface area (Å²) in [7, 11) is 0. The summed E-state index contributed by atoms with van der Waals surface area (Å²) in [4.78, 5) is 9.65. The maximum atomic E-state index is 4.21. The lowest BCUT2D eigenvalue weighted by atomic mass is 10.3.